The highest BCUT2D eigenvalue weighted by Gasteiger charge is 2.29. The Labute approximate surface area is 149 Å². The van der Waals surface area contributed by atoms with Crippen molar-refractivity contribution in [2.45, 2.75) is 29.8 Å². The van der Waals surface area contributed by atoms with Crippen LogP contribution in [0.1, 0.15) is 16.7 Å². The molecule has 0 radical (unpaired) electrons. The number of esters is 1. The van der Waals surface area contributed by atoms with E-state index >= 15 is 0 Å². The van der Waals surface area contributed by atoms with Gasteiger partial charge in [0.25, 0.3) is 0 Å². The van der Waals surface area contributed by atoms with Crippen molar-refractivity contribution in [2.75, 3.05) is 6.79 Å². The van der Waals surface area contributed by atoms with E-state index in [9.17, 15) is 4.79 Å². The summed E-state index contributed by atoms with van der Waals surface area (Å²) >= 11 is 7.69. The zero-order valence-electron chi connectivity index (χ0n) is 12.8. The Morgan fingerprint density at radius 3 is 3.04 bits per heavy atom. The number of benzene rings is 2. The number of hydrogen-bond donors (Lipinski definition) is 0. The maximum absolute atomic E-state index is 12.4. The van der Waals surface area contributed by atoms with Gasteiger partial charge in [0.1, 0.15) is 17.6 Å². The van der Waals surface area contributed by atoms with Crippen LogP contribution in [0.25, 0.3) is 0 Å². The normalized spacial score (nSPS) is 18.5. The summed E-state index contributed by atoms with van der Waals surface area (Å²) in [4.78, 5) is 13.6. The summed E-state index contributed by atoms with van der Waals surface area (Å²) < 4.78 is 16.3. The van der Waals surface area contributed by atoms with Gasteiger partial charge in [-0.3, -0.25) is 4.79 Å². The van der Waals surface area contributed by atoms with Crippen LogP contribution in [0.3, 0.4) is 0 Å². The van der Waals surface area contributed by atoms with Gasteiger partial charge in [-0.2, -0.15) is 0 Å². The number of ether oxygens (including phenoxy) is 3. The maximum atomic E-state index is 12.4. The lowest BCUT2D eigenvalue weighted by molar-refractivity contribution is -0.144. The van der Waals surface area contributed by atoms with E-state index in [0.717, 1.165) is 16.0 Å². The predicted molar refractivity (Wildman–Crippen MR) is 91.3 cm³/mol. The molecule has 0 aliphatic carbocycles. The molecule has 2 aromatic rings. The Bertz CT molecular complexity index is 768. The predicted octanol–water partition coefficient (Wildman–Crippen LogP) is 3.97. The van der Waals surface area contributed by atoms with E-state index in [1.165, 1.54) is 5.56 Å². The molecule has 0 saturated heterocycles. The van der Waals surface area contributed by atoms with E-state index in [1.54, 1.807) is 17.8 Å². The van der Waals surface area contributed by atoms with Crippen molar-refractivity contribution in [3.05, 3.63) is 58.1 Å². The second-order valence-corrected chi connectivity index (χ2v) is 7.37. The quantitative estimate of drug-likeness (QED) is 0.773. The van der Waals surface area contributed by atoms with Gasteiger partial charge in [-0.25, -0.2) is 0 Å². The van der Waals surface area contributed by atoms with Crippen LogP contribution in [-0.4, -0.2) is 18.0 Å². The molecule has 0 bridgehead atoms. The number of rotatable bonds is 3. The zero-order chi connectivity index (χ0) is 16.5. The van der Waals surface area contributed by atoms with Crippen molar-refractivity contribution >= 4 is 29.3 Å². The first-order valence-electron chi connectivity index (χ1n) is 7.64. The molecule has 4 rings (SSSR count). The van der Waals surface area contributed by atoms with E-state index in [2.05, 4.69) is 6.07 Å². The minimum atomic E-state index is -0.211. The monoisotopic (exact) mass is 362 g/mol. The number of carbonyl (C=O) groups is 1. The molecule has 0 amide bonds. The molecule has 2 aliphatic rings. The Kier molecular flexibility index (Phi) is 4.39. The topological polar surface area (TPSA) is 44.8 Å². The summed E-state index contributed by atoms with van der Waals surface area (Å²) in [5.41, 5.74) is 2.85. The zero-order valence-corrected chi connectivity index (χ0v) is 14.4. The van der Waals surface area contributed by atoms with Gasteiger partial charge in [0.15, 0.2) is 6.79 Å². The summed E-state index contributed by atoms with van der Waals surface area (Å²) in [6.45, 7) is 0.795. The van der Waals surface area contributed by atoms with Gasteiger partial charge < -0.3 is 14.2 Å². The second kappa shape index (κ2) is 6.67. The fourth-order valence-corrected chi connectivity index (χ4v) is 4.38. The van der Waals surface area contributed by atoms with E-state index in [0.29, 0.717) is 23.8 Å². The van der Waals surface area contributed by atoms with Crippen molar-refractivity contribution < 1.29 is 19.0 Å². The molecule has 1 atom stereocenters. The summed E-state index contributed by atoms with van der Waals surface area (Å²) in [5, 5.41) is 0.387. The Hall–Kier alpha value is -1.69. The first-order valence-corrected chi connectivity index (χ1v) is 8.89. The summed E-state index contributed by atoms with van der Waals surface area (Å²) in [5.74, 6) is 0.498. The van der Waals surface area contributed by atoms with Gasteiger partial charge in [-0.15, -0.1) is 11.8 Å². The van der Waals surface area contributed by atoms with Gasteiger partial charge >= 0.3 is 5.97 Å². The molecule has 0 fully saturated rings. The number of thioether (sulfide) groups is 1. The minimum absolute atomic E-state index is 0.148. The largest absolute Gasteiger partial charge is 0.467 e. The maximum Gasteiger partial charge on any atom is 0.320 e. The molecule has 2 aromatic carbocycles. The molecule has 2 aliphatic heterocycles. The lowest BCUT2D eigenvalue weighted by atomic mass is 10.1. The third kappa shape index (κ3) is 3.11. The molecule has 4 nitrogen and oxygen atoms in total. The fraction of sp³-hybridized carbons (Fsp3) is 0.278. The van der Waals surface area contributed by atoms with Crippen molar-refractivity contribution in [1.82, 2.24) is 0 Å². The van der Waals surface area contributed by atoms with Gasteiger partial charge in [0.05, 0.1) is 6.61 Å². The van der Waals surface area contributed by atoms with Crippen molar-refractivity contribution in [3.63, 3.8) is 0 Å². The molecule has 24 heavy (non-hydrogen) atoms. The molecule has 0 saturated carbocycles. The highest BCUT2D eigenvalue weighted by molar-refractivity contribution is 8.01. The summed E-state index contributed by atoms with van der Waals surface area (Å²) in [7, 11) is 0. The van der Waals surface area contributed by atoms with E-state index < -0.39 is 0 Å². The minimum Gasteiger partial charge on any atom is -0.467 e. The van der Waals surface area contributed by atoms with Crippen LogP contribution in [0.5, 0.6) is 5.75 Å². The van der Waals surface area contributed by atoms with Crippen LogP contribution in [0.15, 0.2) is 41.3 Å². The molecule has 0 aromatic heterocycles. The van der Waals surface area contributed by atoms with E-state index in [1.807, 2.05) is 24.3 Å². The number of carbonyl (C=O) groups excluding carboxylic acids is 1. The average molecular weight is 363 g/mol. The Morgan fingerprint density at radius 1 is 1.29 bits per heavy atom. The van der Waals surface area contributed by atoms with Crippen molar-refractivity contribution in [1.29, 1.82) is 0 Å². The summed E-state index contributed by atoms with van der Waals surface area (Å²) in [6.07, 6.45) is 0.706. The van der Waals surface area contributed by atoms with Crippen molar-refractivity contribution in [3.8, 4) is 5.75 Å². The Balaban J connectivity index is 1.44. The number of fused-ring (bicyclic) bond motifs is 2. The first kappa shape index (κ1) is 15.8. The third-order valence-corrected chi connectivity index (χ3v) is 5.55. The third-order valence-electron chi connectivity index (χ3n) is 4.03. The molecule has 6 heteroatoms. The standard InChI is InChI=1S/C18H15ClO4S/c19-14-5-12-8-21-10-23-17(12)13(6-14)9-22-18(20)16-7-11-3-1-2-4-15(11)24-16/h1-6,16H,7-10H2. The smallest absolute Gasteiger partial charge is 0.320 e. The van der Waals surface area contributed by atoms with Crippen LogP contribution in [0.4, 0.5) is 0 Å². The van der Waals surface area contributed by atoms with Crippen LogP contribution in [0.2, 0.25) is 5.02 Å². The molecule has 0 spiro atoms. The average Bonchev–Trinajstić information content (AvgIpc) is 3.03. The van der Waals surface area contributed by atoms with Gasteiger partial charge in [-0.05, 0) is 30.2 Å². The lowest BCUT2D eigenvalue weighted by Gasteiger charge is -2.21. The highest BCUT2D eigenvalue weighted by Crippen LogP contribution is 2.38. The summed E-state index contributed by atoms with van der Waals surface area (Å²) in [6, 6.07) is 11.6. The SMILES string of the molecule is O=C(OCc1cc(Cl)cc2c1OCOC2)C1Cc2ccccc2S1. The first-order chi connectivity index (χ1) is 11.7. The lowest BCUT2D eigenvalue weighted by Crippen LogP contribution is -2.20. The molecule has 0 N–H and O–H groups in total. The van der Waals surface area contributed by atoms with E-state index in [4.69, 9.17) is 25.8 Å². The highest BCUT2D eigenvalue weighted by atomic mass is 35.5. The van der Waals surface area contributed by atoms with Gasteiger partial charge in [0, 0.05) is 21.0 Å². The molecule has 2 heterocycles. The van der Waals surface area contributed by atoms with Crippen LogP contribution in [-0.2, 0) is 33.9 Å². The van der Waals surface area contributed by atoms with E-state index in [-0.39, 0.29) is 24.6 Å². The van der Waals surface area contributed by atoms with Crippen LogP contribution >= 0.6 is 23.4 Å². The van der Waals surface area contributed by atoms with Gasteiger partial charge in [-0.1, -0.05) is 29.8 Å². The van der Waals surface area contributed by atoms with Crippen LogP contribution < -0.4 is 4.74 Å². The molecule has 1 unspecified atom stereocenters. The molecular formula is C18H15ClO4S. The Morgan fingerprint density at radius 2 is 2.17 bits per heavy atom. The van der Waals surface area contributed by atoms with Crippen molar-refractivity contribution in [2.24, 2.45) is 0 Å². The van der Waals surface area contributed by atoms with Gasteiger partial charge in [0.2, 0.25) is 0 Å². The second-order valence-electron chi connectivity index (χ2n) is 5.69. The number of hydrogen-bond acceptors (Lipinski definition) is 5. The number of halogens is 1. The van der Waals surface area contributed by atoms with Crippen LogP contribution in [0, 0.1) is 0 Å². The molecular weight excluding hydrogens is 348 g/mol. The fourth-order valence-electron chi connectivity index (χ4n) is 2.92. The molecule has 124 valence electrons.